The van der Waals surface area contributed by atoms with Crippen LogP contribution in [0.5, 0.6) is 23.1 Å². The van der Waals surface area contributed by atoms with E-state index in [2.05, 4.69) is 15.6 Å². The molecule has 0 saturated carbocycles. The molecule has 4 rings (SSSR count). The van der Waals surface area contributed by atoms with Crippen molar-refractivity contribution in [2.75, 3.05) is 29.2 Å². The Kier molecular flexibility index (Phi) is 11.7. The molecule has 3 aromatic carbocycles. The molecule has 0 aliphatic carbocycles. The predicted molar refractivity (Wildman–Crippen MR) is 197 cm³/mol. The summed E-state index contributed by atoms with van der Waals surface area (Å²) in [5, 5.41) is 15.4. The number of anilines is 3. The van der Waals surface area contributed by atoms with Crippen LogP contribution < -0.4 is 29.9 Å². The largest absolute Gasteiger partial charge is 0.494 e. The van der Waals surface area contributed by atoms with Crippen molar-refractivity contribution in [3.05, 3.63) is 85.8 Å². The Morgan fingerprint density at radius 3 is 2.02 bits per heavy atom. The number of carbonyl (C=O) groups excluding carboxylic acids is 3. The molecule has 0 fully saturated rings. The van der Waals surface area contributed by atoms with Gasteiger partial charge in [-0.15, -0.1) is 0 Å². The number of nitrogens with one attached hydrogen (secondary N) is 3. The number of hydrogen-bond donors (Lipinski definition) is 4. The van der Waals surface area contributed by atoms with Crippen LogP contribution in [0.4, 0.5) is 26.7 Å². The molecule has 1 heterocycles. The first-order valence-corrected chi connectivity index (χ1v) is 16.9. The van der Waals surface area contributed by atoms with Crippen molar-refractivity contribution in [1.82, 2.24) is 4.98 Å². The summed E-state index contributed by atoms with van der Waals surface area (Å²) in [6.07, 6.45) is -0.847. The van der Waals surface area contributed by atoms with E-state index in [-0.39, 0.29) is 17.4 Å². The topological polar surface area (TPSA) is 169 Å². The number of carbonyl (C=O) groups is 3. The number of ether oxygens (including phenoxy) is 4. The molecule has 272 valence electrons. The van der Waals surface area contributed by atoms with Gasteiger partial charge in [0, 0.05) is 19.5 Å². The number of aromatic hydroxyl groups is 1. The van der Waals surface area contributed by atoms with Gasteiger partial charge in [0.15, 0.2) is 6.61 Å². The molecule has 4 aromatic rings. The first-order valence-electron chi connectivity index (χ1n) is 16.1. The van der Waals surface area contributed by atoms with Crippen LogP contribution in [0.15, 0.2) is 59.4 Å². The summed E-state index contributed by atoms with van der Waals surface area (Å²) in [5.74, 6) is 0.678. The maximum Gasteiger partial charge on any atom is 0.414 e. The number of hydrogen-bond acceptors (Lipinski definition) is 10. The fraction of sp³-hybridized carbons (Fsp3) is 0.351. The molecule has 1 aromatic heterocycles. The highest BCUT2D eigenvalue weighted by Gasteiger charge is 2.24. The molecule has 0 atom stereocenters. The second kappa shape index (κ2) is 15.6. The summed E-state index contributed by atoms with van der Waals surface area (Å²) in [6, 6.07) is 15.3. The number of H-pyrrole nitrogens is 1. The first-order chi connectivity index (χ1) is 23.8. The van der Waals surface area contributed by atoms with Crippen LogP contribution in [0.25, 0.3) is 0 Å². The van der Waals surface area contributed by atoms with E-state index >= 15 is 0 Å². The van der Waals surface area contributed by atoms with Gasteiger partial charge in [-0.25, -0.2) is 9.59 Å². The Labute approximate surface area is 300 Å². The lowest BCUT2D eigenvalue weighted by molar-refractivity contribution is -0.118. The number of aryl methyl sites for hydroxylation is 2. The fourth-order valence-electron chi connectivity index (χ4n) is 4.80. The maximum absolute atomic E-state index is 13.1. The van der Waals surface area contributed by atoms with Gasteiger partial charge in [-0.05, 0) is 108 Å². The molecule has 51 heavy (non-hydrogen) atoms. The molecule has 0 aliphatic heterocycles. The highest BCUT2D eigenvalue weighted by atomic mass is 32.1. The smallest absolute Gasteiger partial charge is 0.414 e. The number of rotatable bonds is 10. The summed E-state index contributed by atoms with van der Waals surface area (Å²) in [6.45, 7) is 14.0. The Morgan fingerprint density at radius 2 is 1.45 bits per heavy atom. The molecule has 13 nitrogen and oxygen atoms in total. The van der Waals surface area contributed by atoms with Gasteiger partial charge in [0.2, 0.25) is 5.88 Å². The number of benzene rings is 3. The number of aromatic nitrogens is 1. The normalized spacial score (nSPS) is 11.4. The predicted octanol–water partition coefficient (Wildman–Crippen LogP) is 7.88. The van der Waals surface area contributed by atoms with Crippen LogP contribution >= 0.6 is 11.3 Å². The van der Waals surface area contributed by atoms with E-state index in [1.54, 1.807) is 96.1 Å². The average Bonchev–Trinajstić information content (AvgIpc) is 3.33. The average molecular weight is 721 g/mol. The molecule has 0 saturated heterocycles. The van der Waals surface area contributed by atoms with Crippen LogP contribution in [0.2, 0.25) is 0 Å². The van der Waals surface area contributed by atoms with Crippen LogP contribution in [0.1, 0.15) is 63.1 Å². The third-order valence-corrected chi connectivity index (χ3v) is 7.87. The first kappa shape index (κ1) is 38.3. The van der Waals surface area contributed by atoms with E-state index < -0.39 is 29.3 Å². The molecule has 0 unspecified atom stereocenters. The lowest BCUT2D eigenvalue weighted by Gasteiger charge is -2.26. The summed E-state index contributed by atoms with van der Waals surface area (Å²) < 4.78 is 22.8. The maximum atomic E-state index is 13.1. The highest BCUT2D eigenvalue weighted by molar-refractivity contribution is 7.09. The van der Waals surface area contributed by atoms with Crippen LogP contribution in [-0.4, -0.2) is 53.0 Å². The van der Waals surface area contributed by atoms with E-state index in [0.717, 1.165) is 28.0 Å². The third kappa shape index (κ3) is 11.3. The second-order valence-corrected chi connectivity index (χ2v) is 14.9. The van der Waals surface area contributed by atoms with E-state index in [1.165, 1.54) is 11.9 Å². The van der Waals surface area contributed by atoms with Crippen molar-refractivity contribution in [1.29, 1.82) is 0 Å². The highest BCUT2D eigenvalue weighted by Crippen LogP contribution is 2.35. The molecule has 0 aliphatic rings. The second-order valence-electron chi connectivity index (χ2n) is 13.8. The quantitative estimate of drug-likeness (QED) is 0.127. The van der Waals surface area contributed by atoms with Gasteiger partial charge in [0.25, 0.3) is 5.91 Å². The number of nitrogens with zero attached hydrogens (tertiary/aromatic N) is 1. The number of aromatic amines is 1. The minimum absolute atomic E-state index is 0.146. The Hall–Kier alpha value is -5.50. The van der Waals surface area contributed by atoms with Crippen molar-refractivity contribution < 1.29 is 38.4 Å². The zero-order valence-electron chi connectivity index (χ0n) is 30.2. The lowest BCUT2D eigenvalue weighted by atomic mass is 10.1. The molecular formula is C37H44N4O9S. The molecule has 0 bridgehead atoms. The van der Waals surface area contributed by atoms with Gasteiger partial charge in [-0.2, -0.15) is 0 Å². The van der Waals surface area contributed by atoms with Crippen molar-refractivity contribution in [3.8, 4) is 23.1 Å². The fourth-order valence-corrected chi connectivity index (χ4v) is 5.56. The lowest BCUT2D eigenvalue weighted by Crippen LogP contribution is -2.34. The Morgan fingerprint density at radius 1 is 0.843 bits per heavy atom. The van der Waals surface area contributed by atoms with Gasteiger partial charge in [0.05, 0.1) is 21.9 Å². The van der Waals surface area contributed by atoms with Gasteiger partial charge < -0.3 is 29.4 Å². The molecular weight excluding hydrogens is 676 g/mol. The SMILES string of the molecule is Cc1cc(Oc2ccc(NC(=O)COc3ccc(Cc4sc(=O)[nH]c4O)cc3)c(N(C)C(=O)OC(C)(C)C)c2)cc(C)c1NC(=O)OC(C)(C)C. The Bertz CT molecular complexity index is 1930. The minimum atomic E-state index is -0.766. The van der Waals surface area contributed by atoms with Gasteiger partial charge >= 0.3 is 17.1 Å². The zero-order chi connectivity index (χ0) is 37.7. The van der Waals surface area contributed by atoms with Crippen molar-refractivity contribution in [2.45, 2.75) is 73.0 Å². The summed E-state index contributed by atoms with van der Waals surface area (Å²) in [4.78, 5) is 53.8. The van der Waals surface area contributed by atoms with Crippen LogP contribution in [0, 0.1) is 13.8 Å². The van der Waals surface area contributed by atoms with Gasteiger partial charge in [0.1, 0.15) is 28.5 Å². The minimum Gasteiger partial charge on any atom is -0.494 e. The van der Waals surface area contributed by atoms with Crippen molar-refractivity contribution in [2.24, 2.45) is 0 Å². The summed E-state index contributed by atoms with van der Waals surface area (Å²) in [5.41, 5.74) is 2.16. The molecule has 0 spiro atoms. The van der Waals surface area contributed by atoms with E-state index in [1.807, 2.05) is 13.8 Å². The monoisotopic (exact) mass is 720 g/mol. The van der Waals surface area contributed by atoms with Gasteiger partial charge in [-0.1, -0.05) is 23.5 Å². The molecule has 0 radical (unpaired) electrons. The van der Waals surface area contributed by atoms with Crippen LogP contribution in [0.3, 0.4) is 0 Å². The summed E-state index contributed by atoms with van der Waals surface area (Å²) >= 11 is 0.939. The van der Waals surface area contributed by atoms with Crippen molar-refractivity contribution in [3.63, 3.8) is 0 Å². The standard InChI is InChI=1S/C37H44N4O9S/c1-21-16-26(17-22(2)31(21)39-33(44)49-36(3,4)5)48-25-14-15-27(28(19-25)41(9)35(46)50-37(6,7)8)38-30(42)20-47-24-12-10-23(11-13-24)18-29-32(43)40-34(45)51-29/h10-17,19,43H,18,20H2,1-9H3,(H,38,42)(H,39,44)(H,40,45). The Balaban J connectivity index is 1.49. The van der Waals surface area contributed by atoms with E-state index in [0.29, 0.717) is 45.6 Å². The summed E-state index contributed by atoms with van der Waals surface area (Å²) in [7, 11) is 1.53. The van der Waals surface area contributed by atoms with Crippen LogP contribution in [-0.2, 0) is 20.7 Å². The molecule has 3 amide bonds. The van der Waals surface area contributed by atoms with E-state index in [4.69, 9.17) is 18.9 Å². The third-order valence-electron chi connectivity index (χ3n) is 7.00. The number of thiazole rings is 1. The molecule has 4 N–H and O–H groups in total. The van der Waals surface area contributed by atoms with E-state index in [9.17, 15) is 24.3 Å². The zero-order valence-corrected chi connectivity index (χ0v) is 31.0. The molecule has 14 heteroatoms. The van der Waals surface area contributed by atoms with Crippen molar-refractivity contribution >= 4 is 46.5 Å². The van der Waals surface area contributed by atoms with Gasteiger partial charge in [-0.3, -0.25) is 24.8 Å². The number of amides is 3.